The second-order valence-electron chi connectivity index (χ2n) is 7.72. The molecule has 2 heterocycles. The van der Waals surface area contributed by atoms with Crippen LogP contribution < -0.4 is 10.6 Å². The number of morpholine rings is 1. The van der Waals surface area contributed by atoms with Gasteiger partial charge in [-0.25, -0.2) is 0 Å². The molecule has 1 fully saturated rings. The number of hydrogen-bond acceptors (Lipinski definition) is 6. The summed E-state index contributed by atoms with van der Waals surface area (Å²) in [4.78, 5) is 41.3. The number of imide groups is 1. The van der Waals surface area contributed by atoms with Gasteiger partial charge in [0.15, 0.2) is 0 Å². The van der Waals surface area contributed by atoms with Gasteiger partial charge in [0, 0.05) is 44.5 Å². The Balaban J connectivity index is 1.57. The van der Waals surface area contributed by atoms with Gasteiger partial charge in [-0.1, -0.05) is 30.3 Å². The maximum absolute atomic E-state index is 13.3. The zero-order valence-electron chi connectivity index (χ0n) is 18.0. The second kappa shape index (κ2) is 9.76. The van der Waals surface area contributed by atoms with E-state index in [0.717, 1.165) is 13.1 Å². The smallest absolute Gasteiger partial charge is 0.278 e. The fourth-order valence-electron chi connectivity index (χ4n) is 3.82. The van der Waals surface area contributed by atoms with Crippen molar-refractivity contribution in [1.29, 1.82) is 0 Å². The third-order valence-corrected chi connectivity index (χ3v) is 5.45. The molecule has 2 aliphatic rings. The average Bonchev–Trinajstić information content (AvgIpc) is 3.03. The summed E-state index contributed by atoms with van der Waals surface area (Å²) >= 11 is 0. The number of nitrogens with one attached hydrogen (secondary N) is 2. The number of carbonyl (C=O) groups excluding carboxylic acids is 3. The third-order valence-electron chi connectivity index (χ3n) is 5.45. The van der Waals surface area contributed by atoms with Gasteiger partial charge in [-0.2, -0.15) is 0 Å². The van der Waals surface area contributed by atoms with E-state index >= 15 is 0 Å². The van der Waals surface area contributed by atoms with E-state index in [-0.39, 0.29) is 23.4 Å². The van der Waals surface area contributed by atoms with E-state index in [1.54, 1.807) is 24.3 Å². The first-order valence-corrected chi connectivity index (χ1v) is 10.6. The summed E-state index contributed by atoms with van der Waals surface area (Å²) in [6, 6.07) is 16.2. The first-order valence-electron chi connectivity index (χ1n) is 10.6. The number of amides is 3. The summed E-state index contributed by atoms with van der Waals surface area (Å²) in [5.74, 6) is -0.799. The Bertz CT molecular complexity index is 1030. The monoisotopic (exact) mass is 434 g/mol. The van der Waals surface area contributed by atoms with Crippen molar-refractivity contribution in [3.05, 3.63) is 65.9 Å². The first kappa shape index (κ1) is 21.7. The van der Waals surface area contributed by atoms with Gasteiger partial charge in [-0.15, -0.1) is 0 Å². The lowest BCUT2D eigenvalue weighted by Gasteiger charge is -2.28. The van der Waals surface area contributed by atoms with Crippen LogP contribution in [-0.4, -0.2) is 66.9 Å². The van der Waals surface area contributed by atoms with Crippen LogP contribution in [0.1, 0.15) is 12.5 Å². The molecule has 8 heteroatoms. The highest BCUT2D eigenvalue weighted by Gasteiger charge is 2.39. The van der Waals surface area contributed by atoms with Crippen molar-refractivity contribution in [2.45, 2.75) is 6.92 Å². The van der Waals surface area contributed by atoms with Crippen LogP contribution in [0.5, 0.6) is 0 Å². The zero-order valence-corrected chi connectivity index (χ0v) is 18.0. The minimum atomic E-state index is -0.340. The molecule has 0 unspecified atom stereocenters. The lowest BCUT2D eigenvalue weighted by Crippen LogP contribution is -2.43. The van der Waals surface area contributed by atoms with Crippen molar-refractivity contribution < 1.29 is 19.1 Å². The molecule has 1 saturated heterocycles. The van der Waals surface area contributed by atoms with Crippen LogP contribution in [0, 0.1) is 0 Å². The number of benzene rings is 2. The Kier molecular flexibility index (Phi) is 6.63. The fraction of sp³-hybridized carbons (Fsp3) is 0.292. The third kappa shape index (κ3) is 4.87. The van der Waals surface area contributed by atoms with E-state index in [1.807, 2.05) is 30.3 Å². The first-order chi connectivity index (χ1) is 15.5. The molecule has 0 saturated carbocycles. The Morgan fingerprint density at radius 3 is 2.22 bits per heavy atom. The Hall–Kier alpha value is -3.49. The molecule has 0 bridgehead atoms. The molecule has 3 amide bonds. The summed E-state index contributed by atoms with van der Waals surface area (Å²) < 4.78 is 5.37. The standard InChI is InChI=1S/C24H26N4O4/c1-17(29)25-19-7-9-20(10-8-19)26-22-21(18-5-3-2-4-6-18)23(30)28(24(22)31)12-11-27-13-15-32-16-14-27/h2-10,26H,11-16H2,1H3,(H,25,29). The van der Waals surface area contributed by atoms with Gasteiger partial charge in [0.1, 0.15) is 5.70 Å². The molecule has 2 N–H and O–H groups in total. The molecular formula is C24H26N4O4. The van der Waals surface area contributed by atoms with Crippen molar-refractivity contribution >= 4 is 34.7 Å². The van der Waals surface area contributed by atoms with Crippen molar-refractivity contribution in [2.24, 2.45) is 0 Å². The normalized spacial score (nSPS) is 17.1. The molecule has 0 atom stereocenters. The van der Waals surface area contributed by atoms with Gasteiger partial charge in [0.05, 0.1) is 18.8 Å². The van der Waals surface area contributed by atoms with E-state index in [1.165, 1.54) is 11.8 Å². The van der Waals surface area contributed by atoms with E-state index < -0.39 is 0 Å². The van der Waals surface area contributed by atoms with E-state index in [9.17, 15) is 14.4 Å². The fourth-order valence-corrected chi connectivity index (χ4v) is 3.82. The predicted octanol–water partition coefficient (Wildman–Crippen LogP) is 2.17. The molecule has 2 aromatic rings. The van der Waals surface area contributed by atoms with Crippen LogP contribution in [0.3, 0.4) is 0 Å². The molecule has 0 aliphatic carbocycles. The molecule has 32 heavy (non-hydrogen) atoms. The van der Waals surface area contributed by atoms with Crippen molar-refractivity contribution in [3.63, 3.8) is 0 Å². The summed E-state index contributed by atoms with van der Waals surface area (Å²) in [6.45, 7) is 5.29. The van der Waals surface area contributed by atoms with Gasteiger partial charge < -0.3 is 15.4 Å². The molecule has 4 rings (SSSR count). The summed E-state index contributed by atoms with van der Waals surface area (Å²) in [5.41, 5.74) is 2.62. The Morgan fingerprint density at radius 1 is 0.906 bits per heavy atom. The number of carbonyl (C=O) groups is 3. The van der Waals surface area contributed by atoms with Gasteiger partial charge >= 0.3 is 0 Å². The topological polar surface area (TPSA) is 91.0 Å². The van der Waals surface area contributed by atoms with Crippen molar-refractivity contribution in [3.8, 4) is 0 Å². The molecule has 166 valence electrons. The zero-order chi connectivity index (χ0) is 22.5. The van der Waals surface area contributed by atoms with Crippen LogP contribution in [0.25, 0.3) is 5.57 Å². The van der Waals surface area contributed by atoms with Crippen LogP contribution >= 0.6 is 0 Å². The molecule has 8 nitrogen and oxygen atoms in total. The quantitative estimate of drug-likeness (QED) is 0.649. The van der Waals surface area contributed by atoms with E-state index in [2.05, 4.69) is 15.5 Å². The van der Waals surface area contributed by atoms with Crippen LogP contribution in [-0.2, 0) is 19.1 Å². The van der Waals surface area contributed by atoms with Gasteiger partial charge in [-0.05, 0) is 29.8 Å². The number of anilines is 2. The van der Waals surface area contributed by atoms with Crippen LogP contribution in [0.15, 0.2) is 60.3 Å². The van der Waals surface area contributed by atoms with Gasteiger partial charge in [0.2, 0.25) is 5.91 Å². The highest BCUT2D eigenvalue weighted by atomic mass is 16.5. The molecule has 2 aromatic carbocycles. The number of ether oxygens (including phenoxy) is 1. The maximum Gasteiger partial charge on any atom is 0.278 e. The number of rotatable bonds is 7. The lowest BCUT2D eigenvalue weighted by molar-refractivity contribution is -0.137. The molecule has 0 aromatic heterocycles. The van der Waals surface area contributed by atoms with Gasteiger partial charge in [-0.3, -0.25) is 24.2 Å². The van der Waals surface area contributed by atoms with Crippen LogP contribution in [0.2, 0.25) is 0 Å². The summed E-state index contributed by atoms with van der Waals surface area (Å²) in [6.07, 6.45) is 0. The highest BCUT2D eigenvalue weighted by Crippen LogP contribution is 2.30. The minimum absolute atomic E-state index is 0.160. The lowest BCUT2D eigenvalue weighted by atomic mass is 10.0. The molecule has 0 radical (unpaired) electrons. The SMILES string of the molecule is CC(=O)Nc1ccc(NC2=C(c3ccccc3)C(=O)N(CCN3CCOCC3)C2=O)cc1. The summed E-state index contributed by atoms with van der Waals surface area (Å²) in [7, 11) is 0. The van der Waals surface area contributed by atoms with Crippen molar-refractivity contribution in [2.75, 3.05) is 50.0 Å². The molecule has 0 spiro atoms. The summed E-state index contributed by atoms with van der Waals surface area (Å²) in [5, 5.41) is 5.85. The van der Waals surface area contributed by atoms with E-state index in [0.29, 0.717) is 48.8 Å². The number of nitrogens with zero attached hydrogens (tertiary/aromatic N) is 2. The minimum Gasteiger partial charge on any atom is -0.379 e. The Morgan fingerprint density at radius 2 is 1.56 bits per heavy atom. The largest absolute Gasteiger partial charge is 0.379 e. The van der Waals surface area contributed by atoms with Crippen molar-refractivity contribution in [1.82, 2.24) is 9.80 Å². The second-order valence-corrected chi connectivity index (χ2v) is 7.72. The van der Waals surface area contributed by atoms with Gasteiger partial charge in [0.25, 0.3) is 11.8 Å². The molecule has 2 aliphatic heterocycles. The molecular weight excluding hydrogens is 408 g/mol. The highest BCUT2D eigenvalue weighted by molar-refractivity contribution is 6.36. The van der Waals surface area contributed by atoms with E-state index in [4.69, 9.17) is 4.74 Å². The predicted molar refractivity (Wildman–Crippen MR) is 122 cm³/mol. The average molecular weight is 434 g/mol. The maximum atomic E-state index is 13.3. The number of hydrogen-bond donors (Lipinski definition) is 2. The van der Waals surface area contributed by atoms with Crippen LogP contribution in [0.4, 0.5) is 11.4 Å². The Labute approximate surface area is 186 Å².